The van der Waals surface area contributed by atoms with Gasteiger partial charge in [0, 0.05) is 16.5 Å². The zero-order valence-corrected chi connectivity index (χ0v) is 15.2. The van der Waals surface area contributed by atoms with Crippen molar-refractivity contribution in [2.75, 3.05) is 10.7 Å². The number of nitrogens with zero attached hydrogens (tertiary/aromatic N) is 1. The fourth-order valence-corrected chi connectivity index (χ4v) is 3.83. The van der Waals surface area contributed by atoms with Crippen LogP contribution in [0.4, 0.5) is 5.69 Å². The van der Waals surface area contributed by atoms with Gasteiger partial charge in [-0.3, -0.25) is 4.79 Å². The molecule has 0 radical (unpaired) electrons. The Kier molecular flexibility index (Phi) is 4.71. The maximum Gasteiger partial charge on any atom is 0.232 e. The molecule has 1 aromatic rings. The number of sulfone groups is 1. The Morgan fingerprint density at radius 3 is 2.13 bits per heavy atom. The van der Waals surface area contributed by atoms with E-state index in [1.807, 2.05) is 45.0 Å². The average Bonchev–Trinajstić information content (AvgIpc) is 2.78. The maximum atomic E-state index is 12.9. The van der Waals surface area contributed by atoms with Gasteiger partial charge in [-0.05, 0) is 29.7 Å². The number of hydrogen-bond acceptors (Lipinski definition) is 3. The van der Waals surface area contributed by atoms with Gasteiger partial charge in [0.25, 0.3) is 0 Å². The molecule has 0 unspecified atom stereocenters. The fourth-order valence-electron chi connectivity index (χ4n) is 2.56. The van der Waals surface area contributed by atoms with E-state index in [0.29, 0.717) is 5.92 Å². The van der Waals surface area contributed by atoms with Crippen LogP contribution in [-0.4, -0.2) is 26.1 Å². The Hall–Kier alpha value is -1.62. The van der Waals surface area contributed by atoms with E-state index in [2.05, 4.69) is 13.8 Å². The topological polar surface area (TPSA) is 54.5 Å². The van der Waals surface area contributed by atoms with Gasteiger partial charge >= 0.3 is 0 Å². The largest absolute Gasteiger partial charge is 0.304 e. The smallest absolute Gasteiger partial charge is 0.232 e. The van der Waals surface area contributed by atoms with E-state index < -0.39 is 21.3 Å². The second-order valence-corrected chi connectivity index (χ2v) is 9.33. The van der Waals surface area contributed by atoms with Crippen molar-refractivity contribution in [3.8, 4) is 0 Å². The third-order valence-corrected chi connectivity index (χ3v) is 5.32. The van der Waals surface area contributed by atoms with E-state index in [-0.39, 0.29) is 11.7 Å². The lowest BCUT2D eigenvalue weighted by Crippen LogP contribution is -2.46. The lowest BCUT2D eigenvalue weighted by Gasteiger charge is -2.33. The van der Waals surface area contributed by atoms with Gasteiger partial charge in [-0.15, -0.1) is 0 Å². The van der Waals surface area contributed by atoms with Crippen molar-refractivity contribution in [3.05, 3.63) is 41.3 Å². The third kappa shape index (κ3) is 4.02. The first kappa shape index (κ1) is 17.7. The Balaban J connectivity index is 2.42. The number of benzene rings is 1. The van der Waals surface area contributed by atoms with Crippen LogP contribution in [0.3, 0.4) is 0 Å². The summed E-state index contributed by atoms with van der Waals surface area (Å²) in [6.07, 6.45) is 1.61. The number of rotatable bonds is 3. The Labute approximate surface area is 139 Å². The van der Waals surface area contributed by atoms with E-state index in [4.69, 9.17) is 0 Å². The monoisotopic (exact) mass is 335 g/mol. The Bertz CT molecular complexity index is 710. The first-order valence-corrected chi connectivity index (χ1v) is 9.57. The summed E-state index contributed by atoms with van der Waals surface area (Å²) in [4.78, 5) is 14.5. The highest BCUT2D eigenvalue weighted by molar-refractivity contribution is 7.94. The molecule has 1 aliphatic rings. The van der Waals surface area contributed by atoms with E-state index in [1.165, 1.54) is 11.0 Å². The molecule has 2 rings (SSSR count). The van der Waals surface area contributed by atoms with E-state index >= 15 is 0 Å². The molecule has 1 aromatic carbocycles. The zero-order chi connectivity index (χ0) is 17.4. The minimum Gasteiger partial charge on any atom is -0.304 e. The summed E-state index contributed by atoms with van der Waals surface area (Å²) in [7, 11) is -3.22. The summed E-state index contributed by atoms with van der Waals surface area (Å²) in [5.41, 5.74) is 1.34. The molecular formula is C18H25NO3S. The number of carbonyl (C=O) groups excluding carboxylic acids is 1. The van der Waals surface area contributed by atoms with Crippen LogP contribution in [-0.2, 0) is 14.6 Å². The molecule has 0 aromatic heterocycles. The van der Waals surface area contributed by atoms with E-state index in [1.54, 1.807) is 11.0 Å². The highest BCUT2D eigenvalue weighted by atomic mass is 32.2. The van der Waals surface area contributed by atoms with Crippen molar-refractivity contribution in [3.63, 3.8) is 0 Å². The Morgan fingerprint density at radius 1 is 1.17 bits per heavy atom. The molecule has 0 bridgehead atoms. The van der Waals surface area contributed by atoms with Gasteiger partial charge in [-0.25, -0.2) is 8.42 Å². The predicted octanol–water partition coefficient (Wildman–Crippen LogP) is 3.50. The van der Waals surface area contributed by atoms with Crippen molar-refractivity contribution >= 4 is 21.4 Å². The predicted molar refractivity (Wildman–Crippen MR) is 94.2 cm³/mol. The van der Waals surface area contributed by atoms with Gasteiger partial charge in [0.1, 0.15) is 0 Å². The summed E-state index contributed by atoms with van der Waals surface area (Å²) in [6.45, 7) is 9.76. The molecular weight excluding hydrogens is 310 g/mol. The van der Waals surface area contributed by atoms with Crippen LogP contribution >= 0.6 is 0 Å². The summed E-state index contributed by atoms with van der Waals surface area (Å²) < 4.78 is 23.5. The van der Waals surface area contributed by atoms with Gasteiger partial charge in [-0.1, -0.05) is 46.8 Å². The molecule has 1 atom stereocenters. The molecule has 0 aliphatic carbocycles. The first-order valence-electron chi connectivity index (χ1n) is 7.86. The van der Waals surface area contributed by atoms with Gasteiger partial charge in [-0.2, -0.15) is 0 Å². The van der Waals surface area contributed by atoms with Crippen molar-refractivity contribution < 1.29 is 13.2 Å². The molecule has 4 nitrogen and oxygen atoms in total. The quantitative estimate of drug-likeness (QED) is 0.849. The van der Waals surface area contributed by atoms with Crippen molar-refractivity contribution in [1.29, 1.82) is 0 Å². The van der Waals surface area contributed by atoms with Gasteiger partial charge in [0.2, 0.25) is 5.91 Å². The molecule has 0 fully saturated rings. The third-order valence-electron chi connectivity index (χ3n) is 3.94. The molecule has 0 saturated carbocycles. The summed E-state index contributed by atoms with van der Waals surface area (Å²) in [6, 6.07) is 7.35. The van der Waals surface area contributed by atoms with Gasteiger partial charge < -0.3 is 4.90 Å². The van der Waals surface area contributed by atoms with Crippen molar-refractivity contribution in [2.45, 2.75) is 46.6 Å². The fraction of sp³-hybridized carbons (Fsp3) is 0.500. The number of hydrogen-bond donors (Lipinski definition) is 0. The van der Waals surface area contributed by atoms with Crippen LogP contribution in [0, 0.1) is 5.41 Å². The number of amides is 1. The van der Waals surface area contributed by atoms with Crippen LogP contribution in [0.25, 0.3) is 0 Å². The van der Waals surface area contributed by atoms with Crippen molar-refractivity contribution in [2.24, 2.45) is 5.41 Å². The Morgan fingerprint density at radius 2 is 1.74 bits per heavy atom. The minimum absolute atomic E-state index is 0.0548. The molecule has 1 amide bonds. The summed E-state index contributed by atoms with van der Waals surface area (Å²) >= 11 is 0. The molecule has 1 heterocycles. The van der Waals surface area contributed by atoms with Crippen LogP contribution in [0.1, 0.15) is 46.1 Å². The maximum absolute atomic E-state index is 12.9. The van der Waals surface area contributed by atoms with Gasteiger partial charge in [0.15, 0.2) is 9.84 Å². The van der Waals surface area contributed by atoms with Gasteiger partial charge in [0.05, 0.1) is 11.8 Å². The number of carbonyl (C=O) groups is 1. The molecule has 23 heavy (non-hydrogen) atoms. The van der Waals surface area contributed by atoms with E-state index in [0.717, 1.165) is 5.69 Å². The first-order chi connectivity index (χ1) is 10.5. The van der Waals surface area contributed by atoms with Crippen LogP contribution < -0.4 is 4.90 Å². The highest BCUT2D eigenvalue weighted by Gasteiger charge is 2.36. The van der Waals surface area contributed by atoms with Crippen LogP contribution in [0.5, 0.6) is 0 Å². The second-order valence-electron chi connectivity index (χ2n) is 7.40. The SMILES string of the molecule is CC(C)c1ccc(N(C(=O)C(C)(C)C)[C@H]2C=CS(=O)(=O)C2)cc1. The minimum atomic E-state index is -3.22. The zero-order valence-electron chi connectivity index (χ0n) is 14.4. The molecule has 0 spiro atoms. The molecule has 5 heteroatoms. The lowest BCUT2D eigenvalue weighted by molar-refractivity contribution is -0.126. The highest BCUT2D eigenvalue weighted by Crippen LogP contribution is 2.29. The van der Waals surface area contributed by atoms with Crippen LogP contribution in [0.2, 0.25) is 0 Å². The second kappa shape index (κ2) is 6.11. The summed E-state index contributed by atoms with van der Waals surface area (Å²) in [5.74, 6) is 0.268. The van der Waals surface area contributed by atoms with Crippen molar-refractivity contribution in [1.82, 2.24) is 0 Å². The normalized spacial score (nSPS) is 20.0. The lowest BCUT2D eigenvalue weighted by atomic mass is 9.93. The molecule has 1 aliphatic heterocycles. The molecule has 126 valence electrons. The average molecular weight is 335 g/mol. The van der Waals surface area contributed by atoms with E-state index in [9.17, 15) is 13.2 Å². The summed E-state index contributed by atoms with van der Waals surface area (Å²) in [5, 5.41) is 1.21. The van der Waals surface area contributed by atoms with Crippen LogP contribution in [0.15, 0.2) is 35.7 Å². The molecule has 0 N–H and O–H groups in total. The molecule has 0 saturated heterocycles. The number of anilines is 1. The standard InChI is InChI=1S/C18H25NO3S/c1-13(2)14-6-8-15(9-7-14)19(17(20)18(3,4)5)16-10-11-23(21,22)12-16/h6-11,13,16H,12H2,1-5H3/t16-/m0/s1.